The molecule has 0 saturated heterocycles. The first-order valence-corrected chi connectivity index (χ1v) is 11.5. The summed E-state index contributed by atoms with van der Waals surface area (Å²) in [5.74, 6) is 2.91. The van der Waals surface area contributed by atoms with E-state index < -0.39 is 0 Å². The van der Waals surface area contributed by atoms with Gasteiger partial charge in [0.2, 0.25) is 6.79 Å². The van der Waals surface area contributed by atoms with Crippen molar-refractivity contribution in [1.29, 1.82) is 0 Å². The molecule has 5 rings (SSSR count). The lowest BCUT2D eigenvalue weighted by molar-refractivity contribution is 0.0676. The molecule has 0 amide bonds. The van der Waals surface area contributed by atoms with Gasteiger partial charge in [-0.05, 0) is 36.0 Å². The molecule has 2 aliphatic rings. The van der Waals surface area contributed by atoms with Gasteiger partial charge >= 0.3 is 0 Å². The Bertz CT molecular complexity index is 1110. The van der Waals surface area contributed by atoms with Crippen LogP contribution in [0.4, 0.5) is 0 Å². The largest absolute Gasteiger partial charge is 0.454 e. The minimum absolute atomic E-state index is 0.00987. The lowest BCUT2D eigenvalue weighted by Gasteiger charge is -2.41. The van der Waals surface area contributed by atoms with Crippen LogP contribution in [0.25, 0.3) is 4.96 Å². The third-order valence-corrected chi connectivity index (χ3v) is 7.43. The number of aromatic nitrogens is 2. The van der Waals surface area contributed by atoms with Crippen molar-refractivity contribution in [2.24, 2.45) is 11.8 Å². The molecular weight excluding hydrogens is 398 g/mol. The van der Waals surface area contributed by atoms with Crippen LogP contribution < -0.4 is 15.0 Å². The van der Waals surface area contributed by atoms with E-state index in [1.807, 2.05) is 11.4 Å². The molecule has 1 fully saturated rings. The van der Waals surface area contributed by atoms with Gasteiger partial charge in [-0.3, -0.25) is 14.1 Å². The van der Waals surface area contributed by atoms with E-state index >= 15 is 0 Å². The summed E-state index contributed by atoms with van der Waals surface area (Å²) in [6.07, 6.45) is 5.49. The summed E-state index contributed by atoms with van der Waals surface area (Å²) >= 11 is 1.50. The molecule has 3 aromatic rings. The molecule has 158 valence electrons. The van der Waals surface area contributed by atoms with Gasteiger partial charge in [-0.2, -0.15) is 0 Å². The Morgan fingerprint density at radius 3 is 2.93 bits per heavy atom. The Kier molecular flexibility index (Phi) is 5.25. The van der Waals surface area contributed by atoms with Gasteiger partial charge in [-0.15, -0.1) is 11.3 Å². The van der Waals surface area contributed by atoms with E-state index in [0.717, 1.165) is 28.7 Å². The number of rotatable bonds is 5. The normalized spacial score (nSPS) is 23.4. The number of nitrogens with zero attached hydrogens (tertiary/aromatic N) is 3. The van der Waals surface area contributed by atoms with Crippen molar-refractivity contribution in [2.45, 2.75) is 52.2 Å². The first kappa shape index (κ1) is 19.6. The topological polar surface area (TPSA) is 56.1 Å². The first-order chi connectivity index (χ1) is 14.6. The maximum Gasteiger partial charge on any atom is 0.258 e. The Labute approximate surface area is 180 Å². The van der Waals surface area contributed by atoms with Gasteiger partial charge < -0.3 is 9.47 Å². The third kappa shape index (κ3) is 3.72. The van der Waals surface area contributed by atoms with Gasteiger partial charge in [-0.25, -0.2) is 4.98 Å². The number of fused-ring (bicyclic) bond motifs is 2. The second-order valence-corrected chi connectivity index (χ2v) is 9.44. The van der Waals surface area contributed by atoms with Gasteiger partial charge in [0, 0.05) is 36.8 Å². The maximum atomic E-state index is 12.5. The smallest absolute Gasteiger partial charge is 0.258 e. The van der Waals surface area contributed by atoms with E-state index in [1.54, 1.807) is 16.7 Å². The molecule has 2 aromatic heterocycles. The van der Waals surface area contributed by atoms with Crippen molar-refractivity contribution < 1.29 is 9.47 Å². The lowest BCUT2D eigenvalue weighted by atomic mass is 9.77. The summed E-state index contributed by atoms with van der Waals surface area (Å²) in [4.78, 5) is 20.5. The zero-order valence-corrected chi connectivity index (χ0v) is 18.2. The number of benzene rings is 1. The molecule has 7 heteroatoms. The average Bonchev–Trinajstić information content (AvgIpc) is 3.38. The molecule has 1 aliphatic carbocycles. The fourth-order valence-electron chi connectivity index (χ4n) is 4.81. The molecule has 3 heterocycles. The van der Waals surface area contributed by atoms with Crippen LogP contribution >= 0.6 is 11.3 Å². The first-order valence-electron chi connectivity index (χ1n) is 10.7. The molecule has 1 aliphatic heterocycles. The van der Waals surface area contributed by atoms with Crippen molar-refractivity contribution in [3.63, 3.8) is 0 Å². The minimum atomic E-state index is -0.00987. The van der Waals surface area contributed by atoms with Crippen LogP contribution in [-0.4, -0.2) is 27.1 Å². The van der Waals surface area contributed by atoms with Crippen molar-refractivity contribution in [3.8, 4) is 11.5 Å². The average molecular weight is 426 g/mol. The van der Waals surface area contributed by atoms with Crippen molar-refractivity contribution in [3.05, 3.63) is 57.5 Å². The number of hydrogen-bond donors (Lipinski definition) is 0. The van der Waals surface area contributed by atoms with Crippen LogP contribution in [0.2, 0.25) is 0 Å². The minimum Gasteiger partial charge on any atom is -0.454 e. The van der Waals surface area contributed by atoms with E-state index in [2.05, 4.69) is 30.9 Å². The number of thiazole rings is 1. The van der Waals surface area contributed by atoms with Crippen LogP contribution in [0.1, 0.15) is 44.4 Å². The van der Waals surface area contributed by atoms with Gasteiger partial charge in [-0.1, -0.05) is 32.8 Å². The zero-order valence-electron chi connectivity index (χ0n) is 17.4. The molecule has 30 heavy (non-hydrogen) atoms. The summed E-state index contributed by atoms with van der Waals surface area (Å²) < 4.78 is 12.7. The van der Waals surface area contributed by atoms with Gasteiger partial charge in [0.15, 0.2) is 16.5 Å². The molecule has 0 bridgehead atoms. The van der Waals surface area contributed by atoms with Crippen LogP contribution in [0.15, 0.2) is 40.6 Å². The van der Waals surface area contributed by atoms with E-state index in [4.69, 9.17) is 14.5 Å². The third-order valence-electron chi connectivity index (χ3n) is 6.68. The van der Waals surface area contributed by atoms with Gasteiger partial charge in [0.1, 0.15) is 0 Å². The van der Waals surface area contributed by atoms with Gasteiger partial charge in [0.25, 0.3) is 5.56 Å². The molecule has 0 radical (unpaired) electrons. The molecule has 1 saturated carbocycles. The van der Waals surface area contributed by atoms with Crippen molar-refractivity contribution >= 4 is 16.3 Å². The predicted molar refractivity (Wildman–Crippen MR) is 117 cm³/mol. The highest BCUT2D eigenvalue weighted by molar-refractivity contribution is 7.15. The van der Waals surface area contributed by atoms with E-state index in [9.17, 15) is 4.79 Å². The zero-order chi connectivity index (χ0) is 20.7. The fraction of sp³-hybridized carbons (Fsp3) is 0.478. The van der Waals surface area contributed by atoms with E-state index in [0.29, 0.717) is 24.4 Å². The molecule has 0 unspecified atom stereocenters. The molecule has 1 aromatic carbocycles. The Morgan fingerprint density at radius 1 is 1.17 bits per heavy atom. The Hall–Kier alpha value is -2.38. The van der Waals surface area contributed by atoms with Crippen LogP contribution in [0.3, 0.4) is 0 Å². The number of hydrogen-bond acceptors (Lipinski definition) is 6. The predicted octanol–water partition coefficient (Wildman–Crippen LogP) is 4.31. The molecular formula is C23H27N3O3S. The van der Waals surface area contributed by atoms with Crippen LogP contribution in [0.5, 0.6) is 11.5 Å². The number of ether oxygens (including phenoxy) is 2. The highest BCUT2D eigenvalue weighted by Crippen LogP contribution is 2.36. The molecule has 0 spiro atoms. The van der Waals surface area contributed by atoms with Crippen molar-refractivity contribution in [2.75, 3.05) is 6.79 Å². The summed E-state index contributed by atoms with van der Waals surface area (Å²) in [6, 6.07) is 8.33. The Morgan fingerprint density at radius 2 is 2.03 bits per heavy atom. The summed E-state index contributed by atoms with van der Waals surface area (Å²) in [5.41, 5.74) is 2.02. The highest BCUT2D eigenvalue weighted by atomic mass is 32.1. The second-order valence-electron chi connectivity index (χ2n) is 8.57. The summed E-state index contributed by atoms with van der Waals surface area (Å²) in [6.45, 7) is 6.47. The Balaban J connectivity index is 1.46. The highest BCUT2D eigenvalue weighted by Gasteiger charge is 2.32. The van der Waals surface area contributed by atoms with E-state index in [1.165, 1.54) is 36.2 Å². The van der Waals surface area contributed by atoms with Crippen molar-refractivity contribution in [1.82, 2.24) is 14.3 Å². The quantitative estimate of drug-likeness (QED) is 0.610. The SMILES string of the molecule is C[C@H]1[C@H](C)CCC[C@@H]1N(Cc1ccc2c(c1)OCO2)Cc1cc(=O)n2ccsc2n1. The maximum absolute atomic E-state index is 12.5. The fourth-order valence-corrected chi connectivity index (χ4v) is 5.55. The summed E-state index contributed by atoms with van der Waals surface area (Å²) in [5, 5.41) is 1.91. The van der Waals surface area contributed by atoms with Gasteiger partial charge in [0.05, 0.1) is 5.69 Å². The van der Waals surface area contributed by atoms with Crippen LogP contribution in [0, 0.1) is 11.8 Å². The monoisotopic (exact) mass is 425 g/mol. The molecule has 0 N–H and O–H groups in total. The standard InChI is InChI=1S/C23H27N3O3S/c1-15-4-3-5-19(16(15)2)25(12-17-6-7-20-21(10-17)29-14-28-20)13-18-11-22(27)26-8-9-30-23(26)24-18/h6-11,15-16,19H,3-5,12-14H2,1-2H3/t15-,16+,19+/m1/s1. The lowest BCUT2D eigenvalue weighted by Crippen LogP contribution is -2.43. The second kappa shape index (κ2) is 8.04. The molecule has 3 atom stereocenters. The molecule has 6 nitrogen and oxygen atoms in total. The van der Waals surface area contributed by atoms with Crippen LogP contribution in [-0.2, 0) is 13.1 Å². The van der Waals surface area contributed by atoms with E-state index in [-0.39, 0.29) is 12.4 Å². The summed E-state index contributed by atoms with van der Waals surface area (Å²) in [7, 11) is 0.